The van der Waals surface area contributed by atoms with E-state index in [4.69, 9.17) is 9.72 Å². The molecule has 2 aromatic carbocycles. The van der Waals surface area contributed by atoms with Crippen LogP contribution < -0.4 is 9.80 Å². The van der Waals surface area contributed by atoms with Crippen LogP contribution in [0, 0.1) is 17.1 Å². The molecule has 1 aromatic heterocycles. The van der Waals surface area contributed by atoms with Crippen LogP contribution in [0.2, 0.25) is 0 Å². The number of carbonyl (C=O) groups excluding carboxylic acids is 1. The predicted molar refractivity (Wildman–Crippen MR) is 120 cm³/mol. The van der Waals surface area contributed by atoms with Gasteiger partial charge in [-0.2, -0.15) is 5.26 Å². The molecule has 0 bridgehead atoms. The molecular weight excluding hydrogens is 409 g/mol. The number of hydrogen-bond acceptors (Lipinski definition) is 7. The van der Waals surface area contributed by atoms with Crippen LogP contribution in [0.1, 0.15) is 11.6 Å². The van der Waals surface area contributed by atoms with Crippen molar-refractivity contribution in [3.05, 3.63) is 72.7 Å². The van der Waals surface area contributed by atoms with Gasteiger partial charge in [-0.3, -0.25) is 4.79 Å². The Labute approximate surface area is 185 Å². The van der Waals surface area contributed by atoms with Gasteiger partial charge in [0, 0.05) is 31.9 Å². The van der Waals surface area contributed by atoms with Gasteiger partial charge < -0.3 is 14.5 Å². The molecule has 0 amide bonds. The molecule has 0 N–H and O–H groups in total. The van der Waals surface area contributed by atoms with Crippen molar-refractivity contribution in [2.75, 3.05) is 42.6 Å². The summed E-state index contributed by atoms with van der Waals surface area (Å²) >= 11 is 0. The average Bonchev–Trinajstić information content (AvgIpc) is 2.83. The van der Waals surface area contributed by atoms with Crippen molar-refractivity contribution in [2.24, 2.45) is 0 Å². The number of nitrogens with zero attached hydrogens (tertiary/aromatic N) is 5. The molecule has 8 heteroatoms. The zero-order chi connectivity index (χ0) is 22.5. The molecule has 0 spiro atoms. The molecule has 162 valence electrons. The summed E-state index contributed by atoms with van der Waals surface area (Å²) in [5.74, 6) is -1.64. The first-order valence-corrected chi connectivity index (χ1v) is 10.3. The van der Waals surface area contributed by atoms with Gasteiger partial charge >= 0.3 is 5.97 Å². The van der Waals surface area contributed by atoms with Crippen molar-refractivity contribution in [3.63, 3.8) is 0 Å². The third-order valence-electron chi connectivity index (χ3n) is 5.33. The fourth-order valence-corrected chi connectivity index (χ4v) is 3.71. The Morgan fingerprint density at radius 2 is 1.72 bits per heavy atom. The lowest BCUT2D eigenvalue weighted by molar-refractivity contribution is -0.142. The molecule has 2 heterocycles. The van der Waals surface area contributed by atoms with Crippen LogP contribution in [0.3, 0.4) is 0 Å². The second-order valence-corrected chi connectivity index (χ2v) is 7.35. The van der Waals surface area contributed by atoms with E-state index in [0.29, 0.717) is 43.0 Å². The highest BCUT2D eigenvalue weighted by Gasteiger charge is 2.31. The van der Waals surface area contributed by atoms with E-state index in [1.54, 1.807) is 18.2 Å². The molecule has 1 aliphatic rings. The summed E-state index contributed by atoms with van der Waals surface area (Å²) in [7, 11) is 0. The lowest BCUT2D eigenvalue weighted by Gasteiger charge is -2.37. The van der Waals surface area contributed by atoms with E-state index >= 15 is 0 Å². The summed E-state index contributed by atoms with van der Waals surface area (Å²) in [6.45, 7) is 6.13. The summed E-state index contributed by atoms with van der Waals surface area (Å²) in [6.07, 6.45) is 1.45. The Morgan fingerprint density at radius 3 is 2.34 bits per heavy atom. The van der Waals surface area contributed by atoms with Gasteiger partial charge in [0.2, 0.25) is 0 Å². The minimum absolute atomic E-state index is 0.0176. The summed E-state index contributed by atoms with van der Waals surface area (Å²) in [4.78, 5) is 26.1. The first-order valence-electron chi connectivity index (χ1n) is 10.3. The maximum absolute atomic E-state index is 13.2. The molecule has 32 heavy (non-hydrogen) atoms. The van der Waals surface area contributed by atoms with Crippen molar-refractivity contribution in [1.29, 1.82) is 5.26 Å². The molecule has 0 radical (unpaired) electrons. The fourth-order valence-electron chi connectivity index (χ4n) is 3.71. The first-order chi connectivity index (χ1) is 15.6. The quantitative estimate of drug-likeness (QED) is 0.437. The van der Waals surface area contributed by atoms with E-state index in [1.807, 2.05) is 29.2 Å². The highest BCUT2D eigenvalue weighted by Crippen LogP contribution is 2.29. The second kappa shape index (κ2) is 9.43. The number of anilines is 2. The highest BCUT2D eigenvalue weighted by atomic mass is 19.1. The number of aromatic nitrogens is 2. The number of ether oxygens (including phenoxy) is 1. The number of hydrogen-bond donors (Lipinski definition) is 0. The number of piperazine rings is 1. The van der Waals surface area contributed by atoms with Crippen LogP contribution in [-0.4, -0.2) is 48.7 Å². The van der Waals surface area contributed by atoms with Crippen molar-refractivity contribution in [2.45, 2.75) is 5.92 Å². The largest absolute Gasteiger partial charge is 0.460 e. The summed E-state index contributed by atoms with van der Waals surface area (Å²) in [5, 5.41) is 9.76. The van der Waals surface area contributed by atoms with Crippen LogP contribution in [-0.2, 0) is 9.53 Å². The van der Waals surface area contributed by atoms with Crippen molar-refractivity contribution >= 4 is 28.5 Å². The maximum atomic E-state index is 13.2. The number of esters is 1. The smallest absolute Gasteiger partial charge is 0.330 e. The number of halogens is 1. The number of nitriles is 1. The Hall–Kier alpha value is -3.99. The van der Waals surface area contributed by atoms with Crippen molar-refractivity contribution in [1.82, 2.24) is 9.97 Å². The summed E-state index contributed by atoms with van der Waals surface area (Å²) < 4.78 is 18.4. The van der Waals surface area contributed by atoms with E-state index in [0.717, 1.165) is 5.69 Å². The molecule has 3 aromatic rings. The van der Waals surface area contributed by atoms with E-state index in [1.165, 1.54) is 18.2 Å². The third-order valence-corrected chi connectivity index (χ3v) is 5.33. The zero-order valence-corrected chi connectivity index (χ0v) is 17.4. The number of rotatable bonds is 6. The van der Waals surface area contributed by atoms with Crippen LogP contribution in [0.15, 0.2) is 61.2 Å². The van der Waals surface area contributed by atoms with Gasteiger partial charge in [0.1, 0.15) is 18.1 Å². The van der Waals surface area contributed by atoms with Gasteiger partial charge in [0.05, 0.1) is 17.1 Å². The Morgan fingerprint density at radius 1 is 1.09 bits per heavy atom. The van der Waals surface area contributed by atoms with Crippen molar-refractivity contribution in [3.8, 4) is 6.07 Å². The van der Waals surface area contributed by atoms with E-state index in [-0.39, 0.29) is 18.1 Å². The van der Waals surface area contributed by atoms with E-state index in [9.17, 15) is 14.4 Å². The normalized spacial score (nSPS) is 14.6. The van der Waals surface area contributed by atoms with Gasteiger partial charge in [0.15, 0.2) is 11.7 Å². The van der Waals surface area contributed by atoms with Crippen LogP contribution in [0.4, 0.5) is 15.9 Å². The molecule has 1 saturated heterocycles. The summed E-state index contributed by atoms with van der Waals surface area (Å²) in [6, 6.07) is 15.8. The topological polar surface area (TPSA) is 82.3 Å². The van der Waals surface area contributed by atoms with Crippen LogP contribution >= 0.6 is 0 Å². The van der Waals surface area contributed by atoms with E-state index in [2.05, 4.69) is 16.5 Å². The second-order valence-electron chi connectivity index (χ2n) is 7.35. The number of fused-ring (bicyclic) bond motifs is 1. The van der Waals surface area contributed by atoms with Gasteiger partial charge in [-0.25, -0.2) is 14.4 Å². The molecule has 1 fully saturated rings. The average molecular weight is 431 g/mol. The summed E-state index contributed by atoms with van der Waals surface area (Å²) in [5.41, 5.74) is 2.52. The Kier molecular flexibility index (Phi) is 6.26. The third kappa shape index (κ3) is 4.37. The molecule has 1 atom stereocenters. The molecule has 0 unspecified atom stereocenters. The predicted octanol–water partition coefficient (Wildman–Crippen LogP) is 3.43. The zero-order valence-electron chi connectivity index (χ0n) is 17.4. The van der Waals surface area contributed by atoms with Gasteiger partial charge in [0.25, 0.3) is 0 Å². The van der Waals surface area contributed by atoms with Gasteiger partial charge in [-0.05, 0) is 36.4 Å². The lowest BCUT2D eigenvalue weighted by Crippen LogP contribution is -2.47. The number of benzene rings is 2. The Bertz CT molecular complexity index is 1170. The number of para-hydroxylation sites is 2. The monoisotopic (exact) mass is 431 g/mol. The van der Waals surface area contributed by atoms with Gasteiger partial charge in [-0.15, -0.1) is 0 Å². The van der Waals surface area contributed by atoms with Crippen molar-refractivity contribution < 1.29 is 13.9 Å². The lowest BCUT2D eigenvalue weighted by atomic mass is 10.1. The molecule has 4 rings (SSSR count). The Balaban J connectivity index is 1.64. The van der Waals surface area contributed by atoms with Crippen LogP contribution in [0.5, 0.6) is 0 Å². The molecule has 0 aliphatic carbocycles. The van der Waals surface area contributed by atoms with Crippen LogP contribution in [0.25, 0.3) is 11.0 Å². The standard InChI is InChI=1S/C24H22FN5O2/c1-2-15-32-24(31)19(16-26)22-23(28-21-6-4-3-5-20(21)27-22)30-13-11-29(12-14-30)18-9-7-17(25)8-10-18/h2-10,19H,1,11-15H2/t19-/m0/s1. The molecule has 1 aliphatic heterocycles. The number of carbonyl (C=O) groups is 1. The molecule has 0 saturated carbocycles. The highest BCUT2D eigenvalue weighted by molar-refractivity contribution is 5.85. The first kappa shape index (κ1) is 21.2. The fraction of sp³-hybridized carbons (Fsp3) is 0.250. The maximum Gasteiger partial charge on any atom is 0.330 e. The molecular formula is C24H22FN5O2. The minimum Gasteiger partial charge on any atom is -0.460 e. The molecule has 7 nitrogen and oxygen atoms in total. The SMILES string of the molecule is C=CCOC(=O)[C@@H](C#N)c1nc2ccccc2nc1N1CCN(c2ccc(F)cc2)CC1. The van der Waals surface area contributed by atoms with E-state index < -0.39 is 11.9 Å². The van der Waals surface area contributed by atoms with Gasteiger partial charge in [-0.1, -0.05) is 24.8 Å². The minimum atomic E-state index is -1.20.